The number of carboxylic acids is 1. The van der Waals surface area contributed by atoms with Gasteiger partial charge in [-0.1, -0.05) is 35.0 Å². The van der Waals surface area contributed by atoms with Crippen LogP contribution in [0.1, 0.15) is 51.2 Å². The van der Waals surface area contributed by atoms with Crippen molar-refractivity contribution in [1.82, 2.24) is 19.7 Å². The molecule has 0 saturated heterocycles. The number of aryl methyl sites for hydroxylation is 1. The van der Waals surface area contributed by atoms with Gasteiger partial charge in [-0.25, -0.2) is 9.18 Å². The van der Waals surface area contributed by atoms with Crippen LogP contribution in [0, 0.1) is 12.7 Å². The summed E-state index contributed by atoms with van der Waals surface area (Å²) in [5.74, 6) is -0.977. The van der Waals surface area contributed by atoms with E-state index in [4.69, 9.17) is 16.4 Å². The maximum absolute atomic E-state index is 14.8. The molecular weight excluding hydrogens is 629 g/mol. The average Bonchev–Trinajstić information content (AvgIpc) is 3.72. The van der Waals surface area contributed by atoms with Gasteiger partial charge in [-0.05, 0) is 66.9 Å². The lowest BCUT2D eigenvalue weighted by molar-refractivity contribution is -0.148. The number of halogens is 2. The second-order valence-electron chi connectivity index (χ2n) is 11.6. The lowest BCUT2D eigenvalue weighted by Gasteiger charge is -2.40. The summed E-state index contributed by atoms with van der Waals surface area (Å²) in [7, 11) is 0. The highest BCUT2D eigenvalue weighted by atomic mass is 35.5. The molecule has 240 valence electrons. The molecule has 2 atom stereocenters. The second-order valence-corrected chi connectivity index (χ2v) is 12.0. The van der Waals surface area contributed by atoms with E-state index >= 15 is 0 Å². The van der Waals surface area contributed by atoms with Gasteiger partial charge in [-0.15, -0.1) is 10.2 Å². The van der Waals surface area contributed by atoms with E-state index in [9.17, 15) is 23.9 Å². The summed E-state index contributed by atoms with van der Waals surface area (Å²) in [5.41, 5.74) is 3.39. The Morgan fingerprint density at radius 3 is 2.60 bits per heavy atom. The number of carbonyl (C=O) groups is 3. The zero-order chi connectivity index (χ0) is 32.8. The van der Waals surface area contributed by atoms with E-state index < -0.39 is 35.7 Å². The van der Waals surface area contributed by atoms with Crippen LogP contribution in [0.3, 0.4) is 0 Å². The van der Waals surface area contributed by atoms with Crippen LogP contribution in [0.25, 0.3) is 0 Å². The van der Waals surface area contributed by atoms with Crippen molar-refractivity contribution in [2.75, 3.05) is 23.3 Å². The average molecular weight is 658 g/mol. The van der Waals surface area contributed by atoms with Crippen LogP contribution >= 0.6 is 11.6 Å². The number of anilines is 2. The topological polar surface area (TPSA) is 142 Å². The van der Waals surface area contributed by atoms with Crippen molar-refractivity contribution in [2.24, 2.45) is 5.16 Å². The van der Waals surface area contributed by atoms with Crippen molar-refractivity contribution in [3.63, 3.8) is 0 Å². The van der Waals surface area contributed by atoms with Crippen molar-refractivity contribution >= 4 is 46.5 Å². The van der Waals surface area contributed by atoms with Gasteiger partial charge >= 0.3 is 5.97 Å². The first-order chi connectivity index (χ1) is 22.7. The van der Waals surface area contributed by atoms with Crippen molar-refractivity contribution in [3.8, 4) is 0 Å². The van der Waals surface area contributed by atoms with Gasteiger partial charge in [0.2, 0.25) is 6.10 Å². The first-order valence-electron chi connectivity index (χ1n) is 15.1. The fraction of sp³-hybridized carbons (Fsp3) is 0.273. The minimum Gasteiger partial charge on any atom is -0.478 e. The summed E-state index contributed by atoms with van der Waals surface area (Å²) in [6, 6.07) is 15.0. The highest BCUT2D eigenvalue weighted by Crippen LogP contribution is 2.38. The molecule has 12 nitrogen and oxygen atoms in total. The number of hydrogen-bond acceptors (Lipinski definition) is 8. The molecule has 2 N–H and O–H groups in total. The van der Waals surface area contributed by atoms with Crippen LogP contribution in [0.5, 0.6) is 0 Å². The van der Waals surface area contributed by atoms with Crippen LogP contribution < -0.4 is 10.2 Å². The van der Waals surface area contributed by atoms with Crippen molar-refractivity contribution in [1.29, 1.82) is 0 Å². The van der Waals surface area contributed by atoms with Gasteiger partial charge in [0.05, 0.1) is 22.8 Å². The first-order valence-corrected chi connectivity index (χ1v) is 15.4. The highest BCUT2D eigenvalue weighted by Gasteiger charge is 2.42. The summed E-state index contributed by atoms with van der Waals surface area (Å²) in [6.07, 6.45) is -0.604. The zero-order valence-corrected chi connectivity index (χ0v) is 25.9. The minimum absolute atomic E-state index is 0.00163. The van der Waals surface area contributed by atoms with Crippen LogP contribution in [0.4, 0.5) is 15.8 Å². The zero-order valence-electron chi connectivity index (χ0n) is 25.2. The molecule has 4 heterocycles. The molecule has 3 aliphatic heterocycles. The van der Waals surface area contributed by atoms with Crippen molar-refractivity contribution < 1.29 is 28.7 Å². The fourth-order valence-electron chi connectivity index (χ4n) is 6.46. The molecule has 0 fully saturated rings. The molecule has 14 heteroatoms. The van der Waals surface area contributed by atoms with E-state index in [1.54, 1.807) is 6.07 Å². The number of carbonyl (C=O) groups excluding carboxylic acids is 2. The SMILES string of the molecule is Cc1nnc2n1CCN(c1cccc3c1CCN(C(=O)C1CC(c4cccc(Cl)c4F)=NO1)[C@H]3C(=O)Nc1ccc(C(=O)O)cc1)C2. The Hall–Kier alpha value is -5.30. The maximum atomic E-state index is 14.8. The molecule has 0 bridgehead atoms. The molecule has 0 aliphatic carbocycles. The number of hydrogen-bond donors (Lipinski definition) is 2. The van der Waals surface area contributed by atoms with Gasteiger partial charge in [0.15, 0.2) is 11.6 Å². The third kappa shape index (κ3) is 5.56. The van der Waals surface area contributed by atoms with Crippen molar-refractivity contribution in [3.05, 3.63) is 105 Å². The van der Waals surface area contributed by atoms with Crippen LogP contribution in [0.2, 0.25) is 5.02 Å². The number of rotatable bonds is 6. The molecule has 0 radical (unpaired) electrons. The van der Waals surface area contributed by atoms with E-state index in [-0.39, 0.29) is 34.8 Å². The predicted octanol–water partition coefficient (Wildman–Crippen LogP) is 4.36. The number of nitrogens with zero attached hydrogens (tertiary/aromatic N) is 6. The number of amides is 2. The number of fused-ring (bicyclic) bond motifs is 2. The van der Waals surface area contributed by atoms with Gasteiger partial charge < -0.3 is 29.6 Å². The molecule has 47 heavy (non-hydrogen) atoms. The Labute approximate surface area is 273 Å². The third-order valence-electron chi connectivity index (χ3n) is 8.81. The monoisotopic (exact) mass is 657 g/mol. The second kappa shape index (κ2) is 12.1. The van der Waals surface area contributed by atoms with Gasteiger partial charge in [-0.2, -0.15) is 0 Å². The Kier molecular flexibility index (Phi) is 7.84. The number of benzene rings is 3. The third-order valence-corrected chi connectivity index (χ3v) is 9.10. The van der Waals surface area contributed by atoms with Crippen molar-refractivity contribution in [2.45, 2.75) is 45.0 Å². The number of carboxylic acid groups (broad SMARTS) is 1. The number of aromatic nitrogens is 3. The molecule has 3 aromatic carbocycles. The molecule has 1 aromatic heterocycles. The summed E-state index contributed by atoms with van der Waals surface area (Å²) in [4.78, 5) is 48.8. The maximum Gasteiger partial charge on any atom is 0.335 e. The molecular formula is C33H29ClFN7O5. The molecule has 1 unspecified atom stereocenters. The number of oxime groups is 1. The largest absolute Gasteiger partial charge is 0.478 e. The van der Waals surface area contributed by atoms with E-state index in [0.29, 0.717) is 37.3 Å². The Balaban J connectivity index is 1.20. The molecule has 2 amide bonds. The van der Waals surface area contributed by atoms with Gasteiger partial charge in [-0.3, -0.25) is 9.59 Å². The van der Waals surface area contributed by atoms with E-state index in [1.807, 2.05) is 25.1 Å². The van der Waals surface area contributed by atoms with Crippen LogP contribution in [-0.2, 0) is 33.9 Å². The normalized spacial score (nSPS) is 18.6. The van der Waals surface area contributed by atoms with Gasteiger partial charge in [0.1, 0.15) is 11.9 Å². The predicted molar refractivity (Wildman–Crippen MR) is 170 cm³/mol. The first kappa shape index (κ1) is 30.4. The summed E-state index contributed by atoms with van der Waals surface area (Å²) in [5, 5.41) is 24.6. The fourth-order valence-corrected chi connectivity index (χ4v) is 6.64. The summed E-state index contributed by atoms with van der Waals surface area (Å²) >= 11 is 5.97. The summed E-state index contributed by atoms with van der Waals surface area (Å²) in [6.45, 7) is 4.11. The number of aromatic carboxylic acids is 1. The van der Waals surface area contributed by atoms with E-state index in [0.717, 1.165) is 22.9 Å². The van der Waals surface area contributed by atoms with Gasteiger partial charge in [0.25, 0.3) is 11.8 Å². The lowest BCUT2D eigenvalue weighted by Crippen LogP contribution is -2.49. The van der Waals surface area contributed by atoms with Gasteiger partial charge in [0, 0.05) is 43.0 Å². The highest BCUT2D eigenvalue weighted by molar-refractivity contribution is 6.31. The lowest BCUT2D eigenvalue weighted by atomic mass is 9.89. The standard InChI is InChI=1S/C33H29ClFN7O5/c1-18-37-38-28-17-40(14-15-41(18)28)26-7-3-4-22-21(26)12-13-42(30(22)31(43)36-20-10-8-19(9-11-20)33(45)46)32(44)27-16-25(39-47-27)23-5-2-6-24(34)29(23)35/h2-11,27,30H,12-17H2,1H3,(H,36,43)(H,45,46)/t27?,30-/m1/s1. The number of nitrogens with one attached hydrogen (secondary N) is 1. The molecule has 0 spiro atoms. The molecule has 7 rings (SSSR count). The summed E-state index contributed by atoms with van der Waals surface area (Å²) < 4.78 is 16.8. The van der Waals surface area contributed by atoms with Crippen LogP contribution in [-0.4, -0.2) is 67.5 Å². The molecule has 4 aromatic rings. The Morgan fingerprint density at radius 2 is 1.81 bits per heavy atom. The van der Waals surface area contributed by atoms with Crippen LogP contribution in [0.15, 0.2) is 65.8 Å². The van der Waals surface area contributed by atoms with E-state index in [1.165, 1.54) is 41.3 Å². The quantitative estimate of drug-likeness (QED) is 0.312. The smallest absolute Gasteiger partial charge is 0.335 e. The molecule has 0 saturated carbocycles. The molecule has 3 aliphatic rings. The Morgan fingerprint density at radius 1 is 1.02 bits per heavy atom. The Bertz CT molecular complexity index is 1950. The van der Waals surface area contributed by atoms with E-state index in [2.05, 4.69) is 30.1 Å². The minimum atomic E-state index is -1.09.